The summed E-state index contributed by atoms with van der Waals surface area (Å²) >= 11 is 12.2. The van der Waals surface area contributed by atoms with Crippen molar-refractivity contribution in [2.24, 2.45) is 0 Å². The van der Waals surface area contributed by atoms with E-state index in [-0.39, 0.29) is 6.10 Å². The van der Waals surface area contributed by atoms with Gasteiger partial charge >= 0.3 is 0 Å². The Balaban J connectivity index is 1.94. The molecule has 18 heavy (non-hydrogen) atoms. The molecule has 0 spiro atoms. The van der Waals surface area contributed by atoms with Crippen molar-refractivity contribution < 1.29 is 4.74 Å². The molecular weight excluding hydrogens is 269 g/mol. The lowest BCUT2D eigenvalue weighted by atomic mass is 10.1. The van der Waals surface area contributed by atoms with E-state index in [2.05, 4.69) is 5.32 Å². The van der Waals surface area contributed by atoms with Crippen molar-refractivity contribution in [1.82, 2.24) is 0 Å². The van der Waals surface area contributed by atoms with Crippen LogP contribution < -0.4 is 10.1 Å². The molecule has 4 heteroatoms. The summed E-state index contributed by atoms with van der Waals surface area (Å²) in [6.45, 7) is 0.678. The highest BCUT2D eigenvalue weighted by molar-refractivity contribution is 6.42. The Morgan fingerprint density at radius 1 is 1.06 bits per heavy atom. The molecule has 0 aromatic heterocycles. The lowest BCUT2D eigenvalue weighted by Gasteiger charge is -2.28. The topological polar surface area (TPSA) is 21.3 Å². The van der Waals surface area contributed by atoms with Crippen LogP contribution in [-0.2, 0) is 0 Å². The van der Waals surface area contributed by atoms with Crippen LogP contribution in [0.3, 0.4) is 0 Å². The highest BCUT2D eigenvalue weighted by Crippen LogP contribution is 2.37. The van der Waals surface area contributed by atoms with Crippen LogP contribution in [0.4, 0.5) is 5.69 Å². The van der Waals surface area contributed by atoms with E-state index in [9.17, 15) is 0 Å². The fourth-order valence-corrected chi connectivity index (χ4v) is 2.49. The molecule has 0 bridgehead atoms. The molecule has 0 saturated carbocycles. The number of anilines is 1. The molecule has 0 saturated heterocycles. The number of hydrogen-bond acceptors (Lipinski definition) is 2. The third-order valence-electron chi connectivity index (χ3n) is 2.96. The zero-order valence-electron chi connectivity index (χ0n) is 9.49. The maximum atomic E-state index is 6.21. The molecule has 1 atom stereocenters. The Morgan fingerprint density at radius 2 is 1.89 bits per heavy atom. The van der Waals surface area contributed by atoms with Crippen molar-refractivity contribution in [1.29, 1.82) is 0 Å². The van der Waals surface area contributed by atoms with E-state index in [0.29, 0.717) is 16.6 Å². The SMILES string of the molecule is Clc1cccc(C2CNc3ccccc3O2)c1Cl. The average molecular weight is 280 g/mol. The summed E-state index contributed by atoms with van der Waals surface area (Å²) < 4.78 is 5.95. The van der Waals surface area contributed by atoms with E-state index in [0.717, 1.165) is 17.0 Å². The average Bonchev–Trinajstić information content (AvgIpc) is 2.41. The van der Waals surface area contributed by atoms with Gasteiger partial charge in [-0.15, -0.1) is 0 Å². The molecule has 2 aromatic carbocycles. The first-order valence-electron chi connectivity index (χ1n) is 5.69. The van der Waals surface area contributed by atoms with Crippen molar-refractivity contribution in [2.45, 2.75) is 6.10 Å². The number of ether oxygens (including phenoxy) is 1. The molecule has 1 aliphatic heterocycles. The minimum Gasteiger partial charge on any atom is -0.482 e. The van der Waals surface area contributed by atoms with Crippen LogP contribution in [0.5, 0.6) is 5.75 Å². The van der Waals surface area contributed by atoms with Gasteiger partial charge in [-0.05, 0) is 18.2 Å². The lowest BCUT2D eigenvalue weighted by Crippen LogP contribution is -2.23. The van der Waals surface area contributed by atoms with Crippen LogP contribution in [0.25, 0.3) is 0 Å². The summed E-state index contributed by atoms with van der Waals surface area (Å²) in [5, 5.41) is 4.44. The molecule has 1 heterocycles. The van der Waals surface area contributed by atoms with E-state index in [4.69, 9.17) is 27.9 Å². The standard InChI is InChI=1S/C14H11Cl2NO/c15-10-5-3-4-9(14(10)16)13-8-17-11-6-1-2-7-12(11)18-13/h1-7,13,17H,8H2. The lowest BCUT2D eigenvalue weighted by molar-refractivity contribution is 0.210. The maximum absolute atomic E-state index is 6.21. The Labute approximate surface area is 115 Å². The van der Waals surface area contributed by atoms with Crippen molar-refractivity contribution in [3.05, 3.63) is 58.1 Å². The molecule has 0 fully saturated rings. The Kier molecular flexibility index (Phi) is 3.06. The van der Waals surface area contributed by atoms with Gasteiger partial charge in [-0.3, -0.25) is 0 Å². The molecule has 92 valence electrons. The summed E-state index contributed by atoms with van der Waals surface area (Å²) in [6, 6.07) is 13.4. The van der Waals surface area contributed by atoms with Crippen LogP contribution in [-0.4, -0.2) is 6.54 Å². The highest BCUT2D eigenvalue weighted by atomic mass is 35.5. The van der Waals surface area contributed by atoms with Gasteiger partial charge < -0.3 is 10.1 Å². The molecule has 0 radical (unpaired) electrons. The molecule has 1 aliphatic rings. The molecule has 1 unspecified atom stereocenters. The molecular formula is C14H11Cl2NO. The zero-order chi connectivity index (χ0) is 12.5. The van der Waals surface area contributed by atoms with E-state index in [1.54, 1.807) is 6.07 Å². The van der Waals surface area contributed by atoms with Gasteiger partial charge in [0.05, 0.1) is 22.3 Å². The van der Waals surface area contributed by atoms with Crippen molar-refractivity contribution in [3.63, 3.8) is 0 Å². The van der Waals surface area contributed by atoms with Crippen LogP contribution in [0.1, 0.15) is 11.7 Å². The van der Waals surface area contributed by atoms with Crippen LogP contribution in [0.2, 0.25) is 10.0 Å². The van der Waals surface area contributed by atoms with Gasteiger partial charge in [0, 0.05) is 5.56 Å². The van der Waals surface area contributed by atoms with E-state index >= 15 is 0 Å². The summed E-state index contributed by atoms with van der Waals surface area (Å²) in [5.41, 5.74) is 1.91. The van der Waals surface area contributed by atoms with Gasteiger partial charge in [0.2, 0.25) is 0 Å². The quantitative estimate of drug-likeness (QED) is 0.828. The fraction of sp³-hybridized carbons (Fsp3) is 0.143. The zero-order valence-corrected chi connectivity index (χ0v) is 11.0. The molecule has 2 aromatic rings. The number of para-hydroxylation sites is 2. The second-order valence-electron chi connectivity index (χ2n) is 4.13. The number of benzene rings is 2. The smallest absolute Gasteiger partial charge is 0.143 e. The first-order chi connectivity index (χ1) is 8.75. The van der Waals surface area contributed by atoms with Crippen molar-refractivity contribution >= 4 is 28.9 Å². The van der Waals surface area contributed by atoms with Gasteiger partial charge in [-0.1, -0.05) is 47.5 Å². The molecule has 1 N–H and O–H groups in total. The Bertz CT molecular complexity index is 586. The van der Waals surface area contributed by atoms with Crippen molar-refractivity contribution in [3.8, 4) is 5.75 Å². The summed E-state index contributed by atoms with van der Waals surface area (Å²) in [7, 11) is 0. The summed E-state index contributed by atoms with van der Waals surface area (Å²) in [5.74, 6) is 0.838. The van der Waals surface area contributed by atoms with Crippen LogP contribution in [0.15, 0.2) is 42.5 Å². The highest BCUT2D eigenvalue weighted by Gasteiger charge is 2.23. The van der Waals surface area contributed by atoms with Gasteiger partial charge in [-0.2, -0.15) is 0 Å². The monoisotopic (exact) mass is 279 g/mol. The Morgan fingerprint density at radius 3 is 2.78 bits per heavy atom. The fourth-order valence-electron chi connectivity index (χ4n) is 2.06. The van der Waals surface area contributed by atoms with E-state index < -0.39 is 0 Å². The molecule has 0 amide bonds. The van der Waals surface area contributed by atoms with Gasteiger partial charge in [0.1, 0.15) is 11.9 Å². The van der Waals surface area contributed by atoms with Gasteiger partial charge in [0.25, 0.3) is 0 Å². The third-order valence-corrected chi connectivity index (χ3v) is 3.80. The normalized spacial score (nSPS) is 17.6. The predicted octanol–water partition coefficient (Wildman–Crippen LogP) is 4.54. The maximum Gasteiger partial charge on any atom is 0.143 e. The number of hydrogen-bond donors (Lipinski definition) is 1. The molecule has 2 nitrogen and oxygen atoms in total. The number of halogens is 2. The third kappa shape index (κ3) is 2.02. The van der Waals surface area contributed by atoms with E-state index in [1.165, 1.54) is 0 Å². The van der Waals surface area contributed by atoms with E-state index in [1.807, 2.05) is 36.4 Å². The minimum absolute atomic E-state index is 0.119. The number of nitrogens with one attached hydrogen (secondary N) is 1. The number of rotatable bonds is 1. The largest absolute Gasteiger partial charge is 0.482 e. The predicted molar refractivity (Wildman–Crippen MR) is 74.8 cm³/mol. The summed E-state index contributed by atoms with van der Waals surface area (Å²) in [4.78, 5) is 0. The second kappa shape index (κ2) is 4.71. The van der Waals surface area contributed by atoms with Crippen LogP contribution in [0, 0.1) is 0 Å². The first kappa shape index (κ1) is 11.7. The van der Waals surface area contributed by atoms with Crippen molar-refractivity contribution in [2.75, 3.05) is 11.9 Å². The molecule has 3 rings (SSSR count). The Hall–Kier alpha value is -1.38. The van der Waals surface area contributed by atoms with Crippen LogP contribution >= 0.6 is 23.2 Å². The first-order valence-corrected chi connectivity index (χ1v) is 6.45. The molecule has 0 aliphatic carbocycles. The van der Waals surface area contributed by atoms with Gasteiger partial charge in [-0.25, -0.2) is 0 Å². The minimum atomic E-state index is -0.119. The second-order valence-corrected chi connectivity index (χ2v) is 4.91. The van der Waals surface area contributed by atoms with Gasteiger partial charge in [0.15, 0.2) is 0 Å². The summed E-state index contributed by atoms with van der Waals surface area (Å²) in [6.07, 6.45) is -0.119. The number of fused-ring (bicyclic) bond motifs is 1.